The van der Waals surface area contributed by atoms with Crippen molar-refractivity contribution >= 4 is 0 Å². The SMILES string of the molecule is CC(C=CO)=CCCC(C)CCCC(C)CCCC(C)C. The molecule has 0 fully saturated rings. The summed E-state index contributed by atoms with van der Waals surface area (Å²) in [6.07, 6.45) is 15.8. The minimum atomic E-state index is 0.815. The van der Waals surface area contributed by atoms with Crippen LogP contribution < -0.4 is 0 Å². The molecular weight excluding hydrogens is 256 g/mol. The second-order valence-electron chi connectivity index (χ2n) is 7.31. The highest BCUT2D eigenvalue weighted by Gasteiger charge is 2.06. The standard InChI is InChI=1S/C20H38O/c1-17(2)9-6-10-18(3)11-7-12-19(4)13-8-14-20(5)15-16-21/h14-19,21H,6-13H2,1-5H3. The molecule has 1 nitrogen and oxygen atoms in total. The van der Waals surface area contributed by atoms with Gasteiger partial charge in [0, 0.05) is 0 Å². The molecule has 0 heterocycles. The van der Waals surface area contributed by atoms with Crippen molar-refractivity contribution in [3.8, 4) is 0 Å². The summed E-state index contributed by atoms with van der Waals surface area (Å²) in [6, 6.07) is 0. The molecule has 0 aliphatic rings. The van der Waals surface area contributed by atoms with Gasteiger partial charge in [-0.1, -0.05) is 77.9 Å². The van der Waals surface area contributed by atoms with Gasteiger partial charge < -0.3 is 5.11 Å². The molecule has 0 aromatic carbocycles. The Kier molecular flexibility index (Phi) is 12.5. The van der Waals surface area contributed by atoms with Crippen LogP contribution in [-0.2, 0) is 0 Å². The molecule has 2 unspecified atom stereocenters. The molecule has 1 N–H and O–H groups in total. The number of hydrogen-bond acceptors (Lipinski definition) is 1. The summed E-state index contributed by atoms with van der Waals surface area (Å²) >= 11 is 0. The third-order valence-electron chi connectivity index (χ3n) is 4.34. The summed E-state index contributed by atoms with van der Waals surface area (Å²) in [5.74, 6) is 2.57. The van der Waals surface area contributed by atoms with Crippen LogP contribution in [0.4, 0.5) is 0 Å². The van der Waals surface area contributed by atoms with Gasteiger partial charge in [-0.25, -0.2) is 0 Å². The molecule has 0 aliphatic carbocycles. The first kappa shape index (κ1) is 20.3. The van der Waals surface area contributed by atoms with Crippen LogP contribution in [0.3, 0.4) is 0 Å². The first-order valence-electron chi connectivity index (χ1n) is 8.93. The Labute approximate surface area is 133 Å². The van der Waals surface area contributed by atoms with Crippen LogP contribution in [0.15, 0.2) is 24.0 Å². The predicted molar refractivity (Wildman–Crippen MR) is 95.6 cm³/mol. The lowest BCUT2D eigenvalue weighted by Gasteiger charge is -2.14. The number of allylic oxidation sites excluding steroid dienone is 3. The van der Waals surface area contributed by atoms with Crippen molar-refractivity contribution in [2.75, 3.05) is 0 Å². The van der Waals surface area contributed by atoms with Gasteiger partial charge in [0.05, 0.1) is 6.26 Å². The van der Waals surface area contributed by atoms with E-state index in [1.165, 1.54) is 44.9 Å². The van der Waals surface area contributed by atoms with Gasteiger partial charge in [-0.05, 0) is 43.6 Å². The second kappa shape index (κ2) is 13.0. The van der Waals surface area contributed by atoms with Crippen molar-refractivity contribution in [1.29, 1.82) is 0 Å². The van der Waals surface area contributed by atoms with Crippen molar-refractivity contribution in [3.05, 3.63) is 24.0 Å². The van der Waals surface area contributed by atoms with Crippen LogP contribution in [0.1, 0.15) is 86.0 Å². The zero-order chi connectivity index (χ0) is 16.1. The van der Waals surface area contributed by atoms with E-state index in [-0.39, 0.29) is 0 Å². The third kappa shape index (κ3) is 14.0. The largest absolute Gasteiger partial charge is 0.516 e. The van der Waals surface area contributed by atoms with Crippen molar-refractivity contribution in [1.82, 2.24) is 0 Å². The van der Waals surface area contributed by atoms with Crippen LogP contribution in [0, 0.1) is 17.8 Å². The number of hydrogen-bond donors (Lipinski definition) is 1. The summed E-state index contributed by atoms with van der Waals surface area (Å²) in [6.45, 7) is 11.5. The van der Waals surface area contributed by atoms with Crippen LogP contribution >= 0.6 is 0 Å². The second-order valence-corrected chi connectivity index (χ2v) is 7.31. The summed E-state index contributed by atoms with van der Waals surface area (Å²) in [4.78, 5) is 0. The lowest BCUT2D eigenvalue weighted by molar-refractivity contribution is 0.393. The molecule has 0 amide bonds. The average Bonchev–Trinajstić information content (AvgIpc) is 2.38. The number of rotatable bonds is 12. The van der Waals surface area contributed by atoms with E-state index >= 15 is 0 Å². The Bertz CT molecular complexity index is 288. The molecule has 0 saturated heterocycles. The molecule has 0 radical (unpaired) electrons. The Hall–Kier alpha value is -0.720. The van der Waals surface area contributed by atoms with E-state index in [1.54, 1.807) is 6.08 Å². The molecule has 124 valence electrons. The fraction of sp³-hybridized carbons (Fsp3) is 0.800. The summed E-state index contributed by atoms with van der Waals surface area (Å²) in [5, 5.41) is 8.68. The minimum Gasteiger partial charge on any atom is -0.516 e. The number of aliphatic hydroxyl groups excluding tert-OH is 1. The van der Waals surface area contributed by atoms with E-state index in [2.05, 4.69) is 33.8 Å². The zero-order valence-corrected chi connectivity index (χ0v) is 15.1. The molecule has 0 aromatic heterocycles. The van der Waals surface area contributed by atoms with E-state index in [1.807, 2.05) is 6.92 Å². The van der Waals surface area contributed by atoms with E-state index in [0.29, 0.717) is 0 Å². The van der Waals surface area contributed by atoms with Gasteiger partial charge in [0.1, 0.15) is 0 Å². The van der Waals surface area contributed by atoms with Gasteiger partial charge in [-0.3, -0.25) is 0 Å². The fourth-order valence-electron chi connectivity index (χ4n) is 2.76. The Morgan fingerprint density at radius 2 is 1.38 bits per heavy atom. The molecule has 0 bridgehead atoms. The Balaban J connectivity index is 3.60. The van der Waals surface area contributed by atoms with Gasteiger partial charge >= 0.3 is 0 Å². The van der Waals surface area contributed by atoms with E-state index in [0.717, 1.165) is 36.0 Å². The van der Waals surface area contributed by atoms with Gasteiger partial charge in [-0.15, -0.1) is 0 Å². The van der Waals surface area contributed by atoms with Crippen molar-refractivity contribution in [2.45, 2.75) is 86.0 Å². The molecule has 2 atom stereocenters. The quantitative estimate of drug-likeness (QED) is 0.302. The van der Waals surface area contributed by atoms with E-state index in [4.69, 9.17) is 5.11 Å². The van der Waals surface area contributed by atoms with Crippen LogP contribution in [0.5, 0.6) is 0 Å². The maximum Gasteiger partial charge on any atom is 0.0794 e. The van der Waals surface area contributed by atoms with Crippen LogP contribution in [-0.4, -0.2) is 5.11 Å². The highest BCUT2D eigenvalue weighted by atomic mass is 16.2. The zero-order valence-electron chi connectivity index (χ0n) is 15.1. The smallest absolute Gasteiger partial charge is 0.0794 e. The Morgan fingerprint density at radius 1 is 0.857 bits per heavy atom. The first-order chi connectivity index (χ1) is 9.95. The highest BCUT2D eigenvalue weighted by Crippen LogP contribution is 2.21. The van der Waals surface area contributed by atoms with E-state index < -0.39 is 0 Å². The highest BCUT2D eigenvalue weighted by molar-refractivity contribution is 5.13. The van der Waals surface area contributed by atoms with Crippen molar-refractivity contribution in [3.63, 3.8) is 0 Å². The lowest BCUT2D eigenvalue weighted by atomic mass is 9.92. The molecule has 21 heavy (non-hydrogen) atoms. The van der Waals surface area contributed by atoms with Crippen molar-refractivity contribution in [2.24, 2.45) is 17.8 Å². The molecule has 1 heteroatoms. The summed E-state index contributed by atoms with van der Waals surface area (Å²) < 4.78 is 0. The lowest BCUT2D eigenvalue weighted by Crippen LogP contribution is -2.00. The number of aliphatic hydroxyl groups is 1. The fourth-order valence-corrected chi connectivity index (χ4v) is 2.76. The first-order valence-corrected chi connectivity index (χ1v) is 8.93. The molecule has 0 rings (SSSR count). The molecule has 0 aromatic rings. The Morgan fingerprint density at radius 3 is 1.90 bits per heavy atom. The minimum absolute atomic E-state index is 0.815. The average molecular weight is 295 g/mol. The molecule has 0 spiro atoms. The summed E-state index contributed by atoms with van der Waals surface area (Å²) in [7, 11) is 0. The molecule has 0 aliphatic heterocycles. The van der Waals surface area contributed by atoms with Gasteiger partial charge in [0.25, 0.3) is 0 Å². The molecule has 0 saturated carbocycles. The predicted octanol–water partition coefficient (Wildman–Crippen LogP) is 7.05. The topological polar surface area (TPSA) is 20.2 Å². The van der Waals surface area contributed by atoms with Crippen LogP contribution in [0.25, 0.3) is 0 Å². The molecular formula is C20H38O. The third-order valence-corrected chi connectivity index (χ3v) is 4.34. The van der Waals surface area contributed by atoms with Crippen molar-refractivity contribution < 1.29 is 5.11 Å². The van der Waals surface area contributed by atoms with E-state index in [9.17, 15) is 0 Å². The maximum atomic E-state index is 8.68. The monoisotopic (exact) mass is 294 g/mol. The van der Waals surface area contributed by atoms with Gasteiger partial charge in [0.2, 0.25) is 0 Å². The summed E-state index contributed by atoms with van der Waals surface area (Å²) in [5.41, 5.74) is 1.16. The maximum absolute atomic E-state index is 8.68. The van der Waals surface area contributed by atoms with Gasteiger partial charge in [-0.2, -0.15) is 0 Å². The van der Waals surface area contributed by atoms with Gasteiger partial charge in [0.15, 0.2) is 0 Å². The van der Waals surface area contributed by atoms with Crippen LogP contribution in [0.2, 0.25) is 0 Å². The normalized spacial score (nSPS) is 15.8.